The number of anilines is 1. The molecule has 29 heavy (non-hydrogen) atoms. The summed E-state index contributed by atoms with van der Waals surface area (Å²) in [5.41, 5.74) is 3.45. The van der Waals surface area contributed by atoms with Gasteiger partial charge in [-0.1, -0.05) is 30.3 Å². The predicted octanol–water partition coefficient (Wildman–Crippen LogP) is 4.19. The number of rotatable bonds is 4. The largest absolute Gasteiger partial charge is 0.497 e. The lowest BCUT2D eigenvalue weighted by atomic mass is 10.0. The summed E-state index contributed by atoms with van der Waals surface area (Å²) in [7, 11) is 1.64. The van der Waals surface area contributed by atoms with Gasteiger partial charge in [-0.15, -0.1) is 0 Å². The summed E-state index contributed by atoms with van der Waals surface area (Å²) in [5.74, 6) is 2.19. The van der Waals surface area contributed by atoms with Crippen molar-refractivity contribution < 1.29 is 19.0 Å². The van der Waals surface area contributed by atoms with Gasteiger partial charge >= 0.3 is 0 Å². The van der Waals surface area contributed by atoms with Crippen LogP contribution in [-0.4, -0.2) is 24.7 Å². The molecule has 0 saturated carbocycles. The summed E-state index contributed by atoms with van der Waals surface area (Å²) in [4.78, 5) is 15.2. The first kappa shape index (κ1) is 17.4. The Morgan fingerprint density at radius 2 is 1.83 bits per heavy atom. The van der Waals surface area contributed by atoms with Gasteiger partial charge in [0.25, 0.3) is 5.91 Å². The van der Waals surface area contributed by atoms with Crippen LogP contribution in [0.3, 0.4) is 0 Å². The Labute approximate surface area is 168 Å². The van der Waals surface area contributed by atoms with Gasteiger partial charge in [0.15, 0.2) is 11.5 Å². The third-order valence-corrected chi connectivity index (χ3v) is 5.25. The van der Waals surface area contributed by atoms with E-state index in [0.29, 0.717) is 17.9 Å². The van der Waals surface area contributed by atoms with E-state index in [-0.39, 0.29) is 18.9 Å². The molecule has 146 valence electrons. The highest BCUT2D eigenvalue weighted by atomic mass is 16.7. The van der Waals surface area contributed by atoms with E-state index in [9.17, 15) is 4.79 Å². The highest BCUT2D eigenvalue weighted by molar-refractivity contribution is 6.01. The van der Waals surface area contributed by atoms with Crippen molar-refractivity contribution in [1.29, 1.82) is 0 Å². The number of carbonyl (C=O) groups excluding carboxylic acids is 1. The molecule has 0 unspecified atom stereocenters. The molecule has 6 nitrogen and oxygen atoms in total. The topological polar surface area (TPSA) is 60.0 Å². The van der Waals surface area contributed by atoms with Gasteiger partial charge < -0.3 is 24.4 Å². The van der Waals surface area contributed by atoms with Crippen molar-refractivity contribution in [3.63, 3.8) is 0 Å². The molecule has 0 spiro atoms. The highest BCUT2D eigenvalue weighted by Crippen LogP contribution is 2.39. The van der Waals surface area contributed by atoms with Gasteiger partial charge in [-0.05, 0) is 47.5 Å². The summed E-state index contributed by atoms with van der Waals surface area (Å²) in [6, 6.07) is 21.1. The van der Waals surface area contributed by atoms with E-state index >= 15 is 0 Å². The molecule has 3 aromatic carbocycles. The average Bonchev–Trinajstić information content (AvgIpc) is 3.24. The van der Waals surface area contributed by atoms with Crippen molar-refractivity contribution in [3.8, 4) is 17.2 Å². The Kier molecular flexibility index (Phi) is 4.24. The second-order valence-electron chi connectivity index (χ2n) is 6.99. The van der Waals surface area contributed by atoms with Crippen LogP contribution in [0, 0.1) is 0 Å². The number of nitrogens with one attached hydrogen (secondary N) is 1. The summed E-state index contributed by atoms with van der Waals surface area (Å²) in [6.45, 7) is 0.678. The summed E-state index contributed by atoms with van der Waals surface area (Å²) < 4.78 is 16.2. The Bertz CT molecular complexity index is 1060. The van der Waals surface area contributed by atoms with E-state index in [1.165, 1.54) is 0 Å². The number of benzene rings is 3. The first-order valence-electron chi connectivity index (χ1n) is 9.42. The van der Waals surface area contributed by atoms with Crippen molar-refractivity contribution >= 4 is 11.6 Å². The number of hydrogen-bond donors (Lipinski definition) is 1. The van der Waals surface area contributed by atoms with Crippen molar-refractivity contribution in [2.24, 2.45) is 0 Å². The van der Waals surface area contributed by atoms with Crippen LogP contribution in [0.2, 0.25) is 0 Å². The van der Waals surface area contributed by atoms with Gasteiger partial charge in [0.2, 0.25) is 6.79 Å². The molecule has 2 aliphatic rings. The lowest BCUT2D eigenvalue weighted by Crippen LogP contribution is -2.42. The number of ether oxygens (including phenoxy) is 3. The summed E-state index contributed by atoms with van der Waals surface area (Å²) in [5, 5.41) is 3.51. The monoisotopic (exact) mass is 388 g/mol. The van der Waals surface area contributed by atoms with E-state index < -0.39 is 0 Å². The fraction of sp³-hybridized carbons (Fsp3) is 0.174. The number of nitrogens with zero attached hydrogens (tertiary/aromatic N) is 1. The molecular weight excluding hydrogens is 368 g/mol. The molecule has 6 heteroatoms. The van der Waals surface area contributed by atoms with Gasteiger partial charge in [0.1, 0.15) is 11.9 Å². The normalized spacial score (nSPS) is 16.9. The first-order chi connectivity index (χ1) is 14.2. The second kappa shape index (κ2) is 7.05. The van der Waals surface area contributed by atoms with E-state index in [4.69, 9.17) is 14.2 Å². The van der Waals surface area contributed by atoms with Crippen LogP contribution in [-0.2, 0) is 6.54 Å². The van der Waals surface area contributed by atoms with Gasteiger partial charge in [-0.3, -0.25) is 4.79 Å². The quantitative estimate of drug-likeness (QED) is 0.726. The highest BCUT2D eigenvalue weighted by Gasteiger charge is 2.33. The molecule has 1 atom stereocenters. The van der Waals surface area contributed by atoms with E-state index in [2.05, 4.69) is 5.32 Å². The van der Waals surface area contributed by atoms with E-state index in [0.717, 1.165) is 28.3 Å². The van der Waals surface area contributed by atoms with Crippen LogP contribution in [0.4, 0.5) is 5.69 Å². The molecule has 0 radical (unpaired) electrons. The Morgan fingerprint density at radius 1 is 1.03 bits per heavy atom. The van der Waals surface area contributed by atoms with Crippen LogP contribution in [0.1, 0.15) is 27.7 Å². The zero-order valence-electron chi connectivity index (χ0n) is 15.9. The predicted molar refractivity (Wildman–Crippen MR) is 108 cm³/mol. The van der Waals surface area contributed by atoms with Crippen LogP contribution in [0.5, 0.6) is 17.2 Å². The number of fused-ring (bicyclic) bond motifs is 2. The second-order valence-corrected chi connectivity index (χ2v) is 6.99. The van der Waals surface area contributed by atoms with Gasteiger partial charge in [0, 0.05) is 12.2 Å². The number of carbonyl (C=O) groups is 1. The summed E-state index contributed by atoms with van der Waals surface area (Å²) in [6.07, 6.45) is -0.325. The molecule has 3 aromatic rings. The number of methoxy groups -OCH3 is 1. The molecule has 2 heterocycles. The minimum absolute atomic E-state index is 0.0159. The third-order valence-electron chi connectivity index (χ3n) is 5.25. The Balaban J connectivity index is 1.53. The molecule has 0 saturated heterocycles. The molecule has 0 aliphatic carbocycles. The van der Waals surface area contributed by atoms with Gasteiger partial charge in [-0.25, -0.2) is 0 Å². The van der Waals surface area contributed by atoms with Crippen LogP contribution < -0.4 is 19.5 Å². The molecule has 0 bridgehead atoms. The fourth-order valence-electron chi connectivity index (χ4n) is 3.73. The molecule has 1 N–H and O–H groups in total. The van der Waals surface area contributed by atoms with E-state index in [1.807, 2.05) is 71.6 Å². The molecule has 1 amide bonds. The van der Waals surface area contributed by atoms with Crippen LogP contribution >= 0.6 is 0 Å². The lowest BCUT2D eigenvalue weighted by Gasteiger charge is -2.38. The minimum Gasteiger partial charge on any atom is -0.497 e. The zero-order valence-corrected chi connectivity index (χ0v) is 15.9. The molecule has 5 rings (SSSR count). The SMILES string of the molecule is COc1ccc(CN2C(=O)c3ccccc3N[C@H]2c2ccc3c(c2)OCO3)cc1. The molecule has 0 fully saturated rings. The van der Waals surface area contributed by atoms with Crippen LogP contribution in [0.25, 0.3) is 0 Å². The molecule has 0 aromatic heterocycles. The smallest absolute Gasteiger partial charge is 0.258 e. The molecule has 2 aliphatic heterocycles. The maximum Gasteiger partial charge on any atom is 0.258 e. The van der Waals surface area contributed by atoms with E-state index in [1.54, 1.807) is 7.11 Å². The lowest BCUT2D eigenvalue weighted by molar-refractivity contribution is 0.0666. The maximum absolute atomic E-state index is 13.4. The minimum atomic E-state index is -0.325. The van der Waals surface area contributed by atoms with Gasteiger partial charge in [0.05, 0.1) is 12.7 Å². The number of hydrogen-bond acceptors (Lipinski definition) is 5. The van der Waals surface area contributed by atoms with Crippen molar-refractivity contribution in [1.82, 2.24) is 4.90 Å². The molecular formula is C23H20N2O4. The van der Waals surface area contributed by atoms with Crippen molar-refractivity contribution in [3.05, 3.63) is 83.4 Å². The first-order valence-corrected chi connectivity index (χ1v) is 9.42. The zero-order chi connectivity index (χ0) is 19.8. The van der Waals surface area contributed by atoms with Gasteiger partial charge in [-0.2, -0.15) is 0 Å². The summed E-state index contributed by atoms with van der Waals surface area (Å²) >= 11 is 0. The van der Waals surface area contributed by atoms with Crippen molar-refractivity contribution in [2.75, 3.05) is 19.2 Å². The Morgan fingerprint density at radius 3 is 2.66 bits per heavy atom. The van der Waals surface area contributed by atoms with Crippen LogP contribution in [0.15, 0.2) is 66.7 Å². The van der Waals surface area contributed by atoms with Crippen molar-refractivity contribution in [2.45, 2.75) is 12.7 Å². The number of para-hydroxylation sites is 1. The third kappa shape index (κ3) is 3.12. The maximum atomic E-state index is 13.4. The Hall–Kier alpha value is -3.67. The average molecular weight is 388 g/mol. The fourth-order valence-corrected chi connectivity index (χ4v) is 3.73. The number of amides is 1. The standard InChI is InChI=1S/C23H20N2O4/c1-27-17-9-6-15(7-10-17)13-25-22(16-8-11-20-21(12-16)29-14-28-20)24-19-5-3-2-4-18(19)23(25)26/h2-12,22,24H,13-14H2,1H3/t22-/m1/s1.